The summed E-state index contributed by atoms with van der Waals surface area (Å²) >= 11 is 0. The normalized spacial score (nSPS) is 21.1. The van der Waals surface area contributed by atoms with Gasteiger partial charge < -0.3 is 15.7 Å². The van der Waals surface area contributed by atoms with E-state index in [2.05, 4.69) is 10.6 Å². The molecule has 1 saturated heterocycles. The van der Waals surface area contributed by atoms with Gasteiger partial charge in [0.15, 0.2) is 0 Å². The van der Waals surface area contributed by atoms with Crippen LogP contribution in [0.25, 0.3) is 0 Å². The Labute approximate surface area is 101 Å². The van der Waals surface area contributed by atoms with Crippen LogP contribution in [0.2, 0.25) is 0 Å². The molecule has 1 aromatic rings. The summed E-state index contributed by atoms with van der Waals surface area (Å²) in [7, 11) is 0. The van der Waals surface area contributed by atoms with Crippen LogP contribution in [0.5, 0.6) is 0 Å². The summed E-state index contributed by atoms with van der Waals surface area (Å²) in [6, 6.07) is 10.1. The van der Waals surface area contributed by atoms with E-state index in [4.69, 9.17) is 5.11 Å². The van der Waals surface area contributed by atoms with Crippen molar-refractivity contribution in [1.29, 1.82) is 0 Å². The first-order valence-corrected chi connectivity index (χ1v) is 6.03. The molecule has 17 heavy (non-hydrogen) atoms. The van der Waals surface area contributed by atoms with Gasteiger partial charge in [-0.15, -0.1) is 0 Å². The molecule has 2 atom stereocenters. The minimum atomic E-state index is -0.961. The molecule has 0 saturated carbocycles. The van der Waals surface area contributed by atoms with Crippen LogP contribution >= 0.6 is 0 Å². The maximum absolute atomic E-state index is 10.8. The van der Waals surface area contributed by atoms with Gasteiger partial charge in [-0.1, -0.05) is 30.3 Å². The molecule has 1 aliphatic heterocycles. The molecule has 1 unspecified atom stereocenters. The van der Waals surface area contributed by atoms with Crippen molar-refractivity contribution in [2.45, 2.75) is 31.3 Å². The topological polar surface area (TPSA) is 61.4 Å². The fourth-order valence-electron chi connectivity index (χ4n) is 2.36. The van der Waals surface area contributed by atoms with E-state index < -0.39 is 6.09 Å². The molecule has 2 rings (SSSR count). The van der Waals surface area contributed by atoms with E-state index in [1.54, 1.807) is 0 Å². The van der Waals surface area contributed by atoms with E-state index in [1.165, 1.54) is 6.42 Å². The Bertz CT molecular complexity index is 361. The van der Waals surface area contributed by atoms with Gasteiger partial charge in [-0.2, -0.15) is 0 Å². The number of carboxylic acid groups (broad SMARTS) is 1. The second kappa shape index (κ2) is 5.68. The highest BCUT2D eigenvalue weighted by molar-refractivity contribution is 5.65. The number of amides is 1. The third kappa shape index (κ3) is 3.46. The van der Waals surface area contributed by atoms with Crippen LogP contribution in [0, 0.1) is 0 Å². The monoisotopic (exact) mass is 234 g/mol. The molecule has 0 aliphatic carbocycles. The Balaban J connectivity index is 2.04. The first-order chi connectivity index (χ1) is 8.25. The molecular weight excluding hydrogens is 216 g/mol. The molecule has 92 valence electrons. The van der Waals surface area contributed by atoms with E-state index in [0.717, 1.165) is 24.9 Å². The van der Waals surface area contributed by atoms with Gasteiger partial charge in [0.05, 0.1) is 6.04 Å². The average molecular weight is 234 g/mol. The van der Waals surface area contributed by atoms with Crippen molar-refractivity contribution in [3.05, 3.63) is 35.9 Å². The summed E-state index contributed by atoms with van der Waals surface area (Å²) in [4.78, 5) is 10.8. The lowest BCUT2D eigenvalue weighted by atomic mass is 9.98. The lowest BCUT2D eigenvalue weighted by molar-refractivity contribution is 0.188. The molecule has 1 amide bonds. The first-order valence-electron chi connectivity index (χ1n) is 6.03. The minimum absolute atomic E-state index is 0.121. The van der Waals surface area contributed by atoms with Crippen LogP contribution in [0.3, 0.4) is 0 Å². The van der Waals surface area contributed by atoms with Crippen LogP contribution in [0.4, 0.5) is 4.79 Å². The second-order valence-electron chi connectivity index (χ2n) is 4.44. The van der Waals surface area contributed by atoms with Crippen LogP contribution in [-0.4, -0.2) is 23.8 Å². The number of hydrogen-bond acceptors (Lipinski definition) is 2. The first kappa shape index (κ1) is 11.9. The number of hydrogen-bond donors (Lipinski definition) is 3. The third-order valence-electron chi connectivity index (χ3n) is 3.18. The largest absolute Gasteiger partial charge is 0.465 e. The number of nitrogens with one attached hydrogen (secondary N) is 2. The smallest absolute Gasteiger partial charge is 0.405 e. The van der Waals surface area contributed by atoms with Crippen LogP contribution in [0.1, 0.15) is 30.9 Å². The maximum atomic E-state index is 10.8. The highest BCUT2D eigenvalue weighted by atomic mass is 16.4. The van der Waals surface area contributed by atoms with E-state index in [9.17, 15) is 4.79 Å². The summed E-state index contributed by atoms with van der Waals surface area (Å²) in [5, 5.41) is 14.9. The SMILES string of the molecule is O=C(O)NC(C[C@@H]1CCCN1)c1ccccc1. The van der Waals surface area contributed by atoms with Gasteiger partial charge in [0.25, 0.3) is 0 Å². The zero-order valence-electron chi connectivity index (χ0n) is 9.73. The van der Waals surface area contributed by atoms with Crippen LogP contribution in [0.15, 0.2) is 30.3 Å². The van der Waals surface area contributed by atoms with Crippen molar-refractivity contribution in [1.82, 2.24) is 10.6 Å². The summed E-state index contributed by atoms with van der Waals surface area (Å²) in [6.45, 7) is 1.04. The highest BCUT2D eigenvalue weighted by Gasteiger charge is 2.21. The van der Waals surface area contributed by atoms with Gasteiger partial charge in [0, 0.05) is 6.04 Å². The van der Waals surface area contributed by atoms with Gasteiger partial charge in [-0.05, 0) is 31.4 Å². The van der Waals surface area contributed by atoms with Gasteiger partial charge in [0.1, 0.15) is 0 Å². The quantitative estimate of drug-likeness (QED) is 0.748. The van der Waals surface area contributed by atoms with Gasteiger partial charge >= 0.3 is 6.09 Å². The standard InChI is InChI=1S/C13H18N2O2/c16-13(17)15-12(9-11-7-4-8-14-11)10-5-2-1-3-6-10/h1-3,5-6,11-12,14-15H,4,7-9H2,(H,16,17)/t11-,12?/m0/s1. The molecule has 0 radical (unpaired) electrons. The van der Waals surface area contributed by atoms with Crippen molar-refractivity contribution in [3.63, 3.8) is 0 Å². The predicted molar refractivity (Wildman–Crippen MR) is 66.0 cm³/mol. The van der Waals surface area contributed by atoms with E-state index in [1.807, 2.05) is 30.3 Å². The highest BCUT2D eigenvalue weighted by Crippen LogP contribution is 2.22. The van der Waals surface area contributed by atoms with E-state index in [0.29, 0.717) is 6.04 Å². The summed E-state index contributed by atoms with van der Waals surface area (Å²) in [6.07, 6.45) is 2.16. The molecule has 0 bridgehead atoms. The average Bonchev–Trinajstić information content (AvgIpc) is 2.82. The number of rotatable bonds is 4. The van der Waals surface area contributed by atoms with E-state index >= 15 is 0 Å². The van der Waals surface area contributed by atoms with Crippen molar-refractivity contribution >= 4 is 6.09 Å². The zero-order chi connectivity index (χ0) is 12.1. The van der Waals surface area contributed by atoms with Gasteiger partial charge in [-0.25, -0.2) is 4.79 Å². The minimum Gasteiger partial charge on any atom is -0.465 e. The van der Waals surface area contributed by atoms with Gasteiger partial charge in [-0.3, -0.25) is 0 Å². The molecule has 0 aromatic heterocycles. The lowest BCUT2D eigenvalue weighted by Gasteiger charge is -2.21. The molecule has 4 nitrogen and oxygen atoms in total. The molecule has 4 heteroatoms. The predicted octanol–water partition coefficient (Wildman–Crippen LogP) is 2.14. The number of benzene rings is 1. The van der Waals surface area contributed by atoms with Crippen molar-refractivity contribution in [3.8, 4) is 0 Å². The molecule has 1 fully saturated rings. The fourth-order valence-corrected chi connectivity index (χ4v) is 2.36. The summed E-state index contributed by atoms with van der Waals surface area (Å²) in [5.74, 6) is 0. The molecule has 1 heterocycles. The Kier molecular flexibility index (Phi) is 3.98. The van der Waals surface area contributed by atoms with Crippen LogP contribution in [-0.2, 0) is 0 Å². The second-order valence-corrected chi connectivity index (χ2v) is 4.44. The Morgan fingerprint density at radius 2 is 2.24 bits per heavy atom. The Morgan fingerprint density at radius 1 is 1.47 bits per heavy atom. The Hall–Kier alpha value is -1.55. The van der Waals surface area contributed by atoms with E-state index in [-0.39, 0.29) is 6.04 Å². The van der Waals surface area contributed by atoms with Crippen molar-refractivity contribution in [2.24, 2.45) is 0 Å². The van der Waals surface area contributed by atoms with Gasteiger partial charge in [0.2, 0.25) is 0 Å². The maximum Gasteiger partial charge on any atom is 0.405 e. The number of carbonyl (C=O) groups is 1. The summed E-state index contributed by atoms with van der Waals surface area (Å²) < 4.78 is 0. The molecule has 1 aromatic carbocycles. The molecule has 0 spiro atoms. The fraction of sp³-hybridized carbons (Fsp3) is 0.462. The van der Waals surface area contributed by atoms with Crippen molar-refractivity contribution in [2.75, 3.05) is 6.54 Å². The zero-order valence-corrected chi connectivity index (χ0v) is 9.73. The van der Waals surface area contributed by atoms with Crippen LogP contribution < -0.4 is 10.6 Å². The summed E-state index contributed by atoms with van der Waals surface area (Å²) in [5.41, 5.74) is 1.03. The van der Waals surface area contributed by atoms with Crippen molar-refractivity contribution < 1.29 is 9.90 Å². The molecule has 3 N–H and O–H groups in total. The molecular formula is C13H18N2O2. The lowest BCUT2D eigenvalue weighted by Crippen LogP contribution is -2.32. The third-order valence-corrected chi connectivity index (χ3v) is 3.18. The molecule has 1 aliphatic rings. The Morgan fingerprint density at radius 3 is 2.82 bits per heavy atom.